The van der Waals surface area contributed by atoms with Crippen LogP contribution in [0.4, 0.5) is 10.5 Å². The number of hydrogen-bond donors (Lipinski definition) is 2. The number of nitrogens with one attached hydrogen (secondary N) is 2. The SMILES string of the molecule is CC(C)c1ccccc1NC(=O)NCCC1=CCCCC1. The van der Waals surface area contributed by atoms with E-state index < -0.39 is 0 Å². The van der Waals surface area contributed by atoms with Gasteiger partial charge in [-0.2, -0.15) is 0 Å². The topological polar surface area (TPSA) is 41.1 Å². The fourth-order valence-electron chi connectivity index (χ4n) is 2.75. The van der Waals surface area contributed by atoms with E-state index in [2.05, 4.69) is 36.6 Å². The van der Waals surface area contributed by atoms with Crippen molar-refractivity contribution in [2.45, 2.75) is 51.9 Å². The molecule has 3 heteroatoms. The van der Waals surface area contributed by atoms with Gasteiger partial charge in [0.2, 0.25) is 0 Å². The van der Waals surface area contributed by atoms with Crippen molar-refractivity contribution < 1.29 is 4.79 Å². The van der Waals surface area contributed by atoms with Crippen molar-refractivity contribution in [2.75, 3.05) is 11.9 Å². The average molecular weight is 286 g/mol. The quantitative estimate of drug-likeness (QED) is 0.748. The second-order valence-corrected chi connectivity index (χ2v) is 5.98. The largest absolute Gasteiger partial charge is 0.338 e. The van der Waals surface area contributed by atoms with Crippen molar-refractivity contribution in [3.63, 3.8) is 0 Å². The summed E-state index contributed by atoms with van der Waals surface area (Å²) < 4.78 is 0. The Morgan fingerprint density at radius 1 is 1.24 bits per heavy atom. The third kappa shape index (κ3) is 4.92. The third-order valence-electron chi connectivity index (χ3n) is 3.95. The molecule has 0 fully saturated rings. The predicted molar refractivity (Wildman–Crippen MR) is 88.7 cm³/mol. The fraction of sp³-hybridized carbons (Fsp3) is 0.500. The minimum Gasteiger partial charge on any atom is -0.338 e. The van der Waals surface area contributed by atoms with E-state index in [4.69, 9.17) is 0 Å². The molecule has 3 nitrogen and oxygen atoms in total. The number of rotatable bonds is 5. The van der Waals surface area contributed by atoms with Gasteiger partial charge in [-0.1, -0.05) is 43.7 Å². The number of benzene rings is 1. The predicted octanol–water partition coefficient (Wildman–Crippen LogP) is 4.82. The van der Waals surface area contributed by atoms with Crippen molar-refractivity contribution in [1.29, 1.82) is 0 Å². The second-order valence-electron chi connectivity index (χ2n) is 5.98. The monoisotopic (exact) mass is 286 g/mol. The molecule has 0 atom stereocenters. The van der Waals surface area contributed by atoms with E-state index in [-0.39, 0.29) is 6.03 Å². The van der Waals surface area contributed by atoms with Crippen molar-refractivity contribution in [1.82, 2.24) is 5.32 Å². The lowest BCUT2D eigenvalue weighted by molar-refractivity contribution is 0.252. The normalized spacial score (nSPS) is 14.7. The maximum absolute atomic E-state index is 12.0. The zero-order valence-corrected chi connectivity index (χ0v) is 13.1. The minimum atomic E-state index is -0.112. The zero-order chi connectivity index (χ0) is 15.1. The van der Waals surface area contributed by atoms with Crippen LogP contribution in [0.15, 0.2) is 35.9 Å². The summed E-state index contributed by atoms with van der Waals surface area (Å²) in [5.41, 5.74) is 3.56. The van der Waals surface area contributed by atoms with Crippen LogP contribution in [-0.2, 0) is 0 Å². The molecule has 0 radical (unpaired) electrons. The highest BCUT2D eigenvalue weighted by Crippen LogP contribution is 2.23. The number of allylic oxidation sites excluding steroid dienone is 1. The maximum atomic E-state index is 12.0. The van der Waals surface area contributed by atoms with Gasteiger partial charge in [-0.05, 0) is 49.7 Å². The Kier molecular flexibility index (Phi) is 5.85. The van der Waals surface area contributed by atoms with Gasteiger partial charge in [0.05, 0.1) is 0 Å². The highest BCUT2D eigenvalue weighted by atomic mass is 16.2. The van der Waals surface area contributed by atoms with E-state index >= 15 is 0 Å². The molecule has 2 N–H and O–H groups in total. The standard InChI is InChI=1S/C18H26N2O/c1-14(2)16-10-6-7-11-17(16)20-18(21)19-13-12-15-8-4-3-5-9-15/h6-8,10-11,14H,3-5,9,12-13H2,1-2H3,(H2,19,20,21). The molecule has 0 spiro atoms. The van der Waals surface area contributed by atoms with E-state index in [0.29, 0.717) is 12.5 Å². The van der Waals surface area contributed by atoms with E-state index in [1.165, 1.54) is 36.8 Å². The Labute approximate surface area is 127 Å². The lowest BCUT2D eigenvalue weighted by atomic mass is 9.97. The molecule has 1 aromatic rings. The molecule has 2 rings (SSSR count). The molecule has 0 heterocycles. The van der Waals surface area contributed by atoms with Gasteiger partial charge in [-0.15, -0.1) is 0 Å². The first-order chi connectivity index (χ1) is 10.2. The first kappa shape index (κ1) is 15.6. The van der Waals surface area contributed by atoms with Crippen LogP contribution in [-0.4, -0.2) is 12.6 Å². The molecule has 1 aromatic carbocycles. The van der Waals surface area contributed by atoms with Crippen LogP contribution in [0.2, 0.25) is 0 Å². The summed E-state index contributed by atoms with van der Waals surface area (Å²) in [6.45, 7) is 4.98. The van der Waals surface area contributed by atoms with Gasteiger partial charge in [0, 0.05) is 12.2 Å². The van der Waals surface area contributed by atoms with Crippen LogP contribution in [0.1, 0.15) is 57.4 Å². The minimum absolute atomic E-state index is 0.112. The van der Waals surface area contributed by atoms with E-state index in [9.17, 15) is 4.79 Å². The highest BCUT2D eigenvalue weighted by Gasteiger charge is 2.09. The van der Waals surface area contributed by atoms with Crippen molar-refractivity contribution in [2.24, 2.45) is 0 Å². The summed E-state index contributed by atoms with van der Waals surface area (Å²) in [6, 6.07) is 7.87. The van der Waals surface area contributed by atoms with Gasteiger partial charge in [0.1, 0.15) is 0 Å². The van der Waals surface area contributed by atoms with E-state index in [1.807, 2.05) is 18.2 Å². The fourth-order valence-corrected chi connectivity index (χ4v) is 2.75. The van der Waals surface area contributed by atoms with Crippen molar-refractivity contribution in [3.8, 4) is 0 Å². The number of hydrogen-bond acceptors (Lipinski definition) is 1. The Bertz CT molecular complexity index is 506. The maximum Gasteiger partial charge on any atom is 0.319 e. The Hall–Kier alpha value is -1.77. The van der Waals surface area contributed by atoms with E-state index in [1.54, 1.807) is 0 Å². The summed E-state index contributed by atoms with van der Waals surface area (Å²) in [6.07, 6.45) is 8.29. The van der Waals surface area contributed by atoms with Gasteiger partial charge in [0.25, 0.3) is 0 Å². The Morgan fingerprint density at radius 3 is 2.76 bits per heavy atom. The third-order valence-corrected chi connectivity index (χ3v) is 3.95. The molecular weight excluding hydrogens is 260 g/mol. The molecule has 0 saturated carbocycles. The zero-order valence-electron chi connectivity index (χ0n) is 13.1. The molecule has 0 aliphatic heterocycles. The average Bonchev–Trinajstić information content (AvgIpc) is 2.48. The van der Waals surface area contributed by atoms with Crippen LogP contribution in [0.3, 0.4) is 0 Å². The first-order valence-electron chi connectivity index (χ1n) is 7.98. The highest BCUT2D eigenvalue weighted by molar-refractivity contribution is 5.90. The molecule has 0 unspecified atom stereocenters. The summed E-state index contributed by atoms with van der Waals surface area (Å²) in [5, 5.41) is 5.91. The van der Waals surface area contributed by atoms with Crippen molar-refractivity contribution in [3.05, 3.63) is 41.5 Å². The number of amides is 2. The number of para-hydroxylation sites is 1. The molecule has 0 bridgehead atoms. The number of carbonyl (C=O) groups excluding carboxylic acids is 1. The Balaban J connectivity index is 1.80. The number of carbonyl (C=O) groups is 1. The van der Waals surface area contributed by atoms with Crippen LogP contribution in [0.25, 0.3) is 0 Å². The molecule has 0 aromatic heterocycles. The van der Waals surface area contributed by atoms with Crippen LogP contribution in [0, 0.1) is 0 Å². The smallest absolute Gasteiger partial charge is 0.319 e. The van der Waals surface area contributed by atoms with Gasteiger partial charge in [-0.25, -0.2) is 4.79 Å². The molecule has 2 amide bonds. The van der Waals surface area contributed by atoms with Gasteiger partial charge in [0.15, 0.2) is 0 Å². The summed E-state index contributed by atoms with van der Waals surface area (Å²) >= 11 is 0. The van der Waals surface area contributed by atoms with Gasteiger partial charge < -0.3 is 10.6 Å². The van der Waals surface area contributed by atoms with Crippen LogP contribution in [0.5, 0.6) is 0 Å². The second kappa shape index (κ2) is 7.87. The summed E-state index contributed by atoms with van der Waals surface area (Å²) in [7, 11) is 0. The molecular formula is C18H26N2O. The molecule has 1 aliphatic rings. The first-order valence-corrected chi connectivity index (χ1v) is 7.98. The van der Waals surface area contributed by atoms with Crippen LogP contribution >= 0.6 is 0 Å². The Morgan fingerprint density at radius 2 is 2.05 bits per heavy atom. The summed E-state index contributed by atoms with van der Waals surface area (Å²) in [4.78, 5) is 12.0. The number of urea groups is 1. The van der Waals surface area contributed by atoms with E-state index in [0.717, 1.165) is 12.1 Å². The molecule has 1 aliphatic carbocycles. The lowest BCUT2D eigenvalue weighted by Gasteiger charge is -2.15. The number of anilines is 1. The summed E-state index contributed by atoms with van der Waals surface area (Å²) in [5.74, 6) is 0.397. The molecule has 21 heavy (non-hydrogen) atoms. The van der Waals surface area contributed by atoms with Crippen molar-refractivity contribution >= 4 is 11.7 Å². The van der Waals surface area contributed by atoms with Gasteiger partial charge >= 0.3 is 6.03 Å². The molecule has 114 valence electrons. The van der Waals surface area contributed by atoms with Gasteiger partial charge in [-0.3, -0.25) is 0 Å². The lowest BCUT2D eigenvalue weighted by Crippen LogP contribution is -2.30. The van der Waals surface area contributed by atoms with Crippen LogP contribution < -0.4 is 10.6 Å². The molecule has 0 saturated heterocycles.